The van der Waals surface area contributed by atoms with Crippen molar-refractivity contribution in [2.45, 2.75) is 18.4 Å². The Bertz CT molecular complexity index is 490. The van der Waals surface area contributed by atoms with Crippen LogP contribution in [-0.4, -0.2) is 54.9 Å². The van der Waals surface area contributed by atoms with Crippen molar-refractivity contribution in [2.75, 3.05) is 38.7 Å². The second kappa shape index (κ2) is 7.53. The highest BCUT2D eigenvalue weighted by Crippen LogP contribution is 2.21. The molecule has 2 N–H and O–H groups in total. The van der Waals surface area contributed by atoms with Crippen LogP contribution in [0.4, 0.5) is 5.69 Å². The van der Waals surface area contributed by atoms with E-state index in [0.717, 1.165) is 9.26 Å². The van der Waals surface area contributed by atoms with Gasteiger partial charge in [-0.2, -0.15) is 0 Å². The molecule has 0 unspecified atom stereocenters. The third-order valence-corrected chi connectivity index (χ3v) is 4.18. The van der Waals surface area contributed by atoms with E-state index >= 15 is 0 Å². The Labute approximate surface area is 138 Å². The summed E-state index contributed by atoms with van der Waals surface area (Å²) in [7, 11) is 1.85. The number of aliphatic hydroxyl groups is 1. The van der Waals surface area contributed by atoms with Crippen molar-refractivity contribution in [3.8, 4) is 0 Å². The molecule has 1 aromatic carbocycles. The van der Waals surface area contributed by atoms with Gasteiger partial charge in [-0.15, -0.1) is 0 Å². The van der Waals surface area contributed by atoms with Gasteiger partial charge in [0.1, 0.15) is 0 Å². The van der Waals surface area contributed by atoms with E-state index in [2.05, 4.69) is 27.9 Å². The van der Waals surface area contributed by atoms with Crippen LogP contribution >= 0.6 is 22.6 Å². The molecule has 1 fully saturated rings. The third kappa shape index (κ3) is 5.54. The molecule has 1 aromatic rings. The van der Waals surface area contributed by atoms with Crippen LogP contribution in [0.1, 0.15) is 12.8 Å². The Balaban J connectivity index is 1.81. The highest BCUT2D eigenvalue weighted by molar-refractivity contribution is 14.1. The first-order valence-electron chi connectivity index (χ1n) is 7.01. The maximum atomic E-state index is 12.0. The van der Waals surface area contributed by atoms with Gasteiger partial charge in [0, 0.05) is 41.9 Å². The lowest BCUT2D eigenvalue weighted by Crippen LogP contribution is -2.47. The zero-order chi connectivity index (χ0) is 15.3. The van der Waals surface area contributed by atoms with Gasteiger partial charge in [-0.05, 0) is 47.8 Å². The number of ether oxygens (including phenoxy) is 1. The Morgan fingerprint density at radius 3 is 2.86 bits per heavy atom. The minimum atomic E-state index is -0.741. The van der Waals surface area contributed by atoms with Crippen LogP contribution in [0, 0.1) is 3.57 Å². The number of nitrogens with zero attached hydrogens (tertiary/aromatic N) is 1. The smallest absolute Gasteiger partial charge is 0.238 e. The van der Waals surface area contributed by atoms with E-state index < -0.39 is 5.60 Å². The van der Waals surface area contributed by atoms with E-state index in [1.165, 1.54) is 0 Å². The number of rotatable bonds is 5. The van der Waals surface area contributed by atoms with Crippen LogP contribution in [0.25, 0.3) is 0 Å². The Hall–Kier alpha value is -0.700. The molecular weight excluding hydrogens is 383 g/mol. The molecule has 0 bridgehead atoms. The molecule has 0 spiro atoms. The van der Waals surface area contributed by atoms with Crippen molar-refractivity contribution in [3.05, 3.63) is 27.8 Å². The van der Waals surface area contributed by atoms with Crippen molar-refractivity contribution in [1.82, 2.24) is 4.90 Å². The number of amides is 1. The predicted octanol–water partition coefficient (Wildman–Crippen LogP) is 1.70. The molecule has 116 valence electrons. The minimum Gasteiger partial charge on any atom is -0.388 e. The molecule has 21 heavy (non-hydrogen) atoms. The average Bonchev–Trinajstić information content (AvgIpc) is 2.38. The Kier molecular flexibility index (Phi) is 5.98. The largest absolute Gasteiger partial charge is 0.388 e. The molecule has 5 nitrogen and oxygen atoms in total. The highest BCUT2D eigenvalue weighted by Gasteiger charge is 2.31. The fourth-order valence-corrected chi connectivity index (χ4v) is 3.02. The van der Waals surface area contributed by atoms with Crippen LogP contribution in [0.3, 0.4) is 0 Å². The summed E-state index contributed by atoms with van der Waals surface area (Å²) in [4.78, 5) is 13.9. The van der Waals surface area contributed by atoms with E-state index in [9.17, 15) is 9.90 Å². The van der Waals surface area contributed by atoms with Gasteiger partial charge >= 0.3 is 0 Å². The van der Waals surface area contributed by atoms with E-state index in [1.807, 2.05) is 36.2 Å². The van der Waals surface area contributed by atoms with Crippen molar-refractivity contribution >= 4 is 34.2 Å². The van der Waals surface area contributed by atoms with Gasteiger partial charge in [-0.3, -0.25) is 9.69 Å². The SMILES string of the molecule is CN(CC(=O)Nc1cccc(I)c1)CC1(O)CCOCC1. The summed E-state index contributed by atoms with van der Waals surface area (Å²) in [5.41, 5.74) is 0.0557. The number of benzene rings is 1. The van der Waals surface area contributed by atoms with Gasteiger partial charge in [-0.1, -0.05) is 6.07 Å². The second-order valence-corrected chi connectivity index (χ2v) is 6.81. The van der Waals surface area contributed by atoms with Crippen molar-refractivity contribution in [2.24, 2.45) is 0 Å². The number of hydrogen-bond acceptors (Lipinski definition) is 4. The molecule has 6 heteroatoms. The molecule has 0 aliphatic carbocycles. The molecule has 0 aromatic heterocycles. The highest BCUT2D eigenvalue weighted by atomic mass is 127. The van der Waals surface area contributed by atoms with Crippen LogP contribution < -0.4 is 5.32 Å². The molecule has 0 saturated carbocycles. The summed E-state index contributed by atoms with van der Waals surface area (Å²) < 4.78 is 6.34. The first-order chi connectivity index (χ1) is 9.97. The zero-order valence-corrected chi connectivity index (χ0v) is 14.3. The monoisotopic (exact) mass is 404 g/mol. The Morgan fingerprint density at radius 1 is 1.48 bits per heavy atom. The molecule has 1 heterocycles. The topological polar surface area (TPSA) is 61.8 Å². The fourth-order valence-electron chi connectivity index (χ4n) is 2.48. The van der Waals surface area contributed by atoms with Crippen molar-refractivity contribution in [1.29, 1.82) is 0 Å². The van der Waals surface area contributed by atoms with E-state index in [4.69, 9.17) is 4.74 Å². The molecule has 1 amide bonds. The lowest BCUT2D eigenvalue weighted by atomic mass is 9.94. The number of likely N-dealkylation sites (N-methyl/N-ethyl adjacent to an activating group) is 1. The normalized spacial score (nSPS) is 17.7. The van der Waals surface area contributed by atoms with Gasteiger partial charge in [0.15, 0.2) is 0 Å². The predicted molar refractivity (Wildman–Crippen MR) is 90.3 cm³/mol. The first kappa shape index (κ1) is 16.7. The summed E-state index contributed by atoms with van der Waals surface area (Å²) in [5, 5.41) is 13.3. The molecule has 1 aliphatic heterocycles. The zero-order valence-electron chi connectivity index (χ0n) is 12.1. The number of carbonyl (C=O) groups is 1. The van der Waals surface area contributed by atoms with Crippen LogP contribution in [0.2, 0.25) is 0 Å². The van der Waals surface area contributed by atoms with Crippen LogP contribution in [0.15, 0.2) is 24.3 Å². The number of halogens is 1. The fraction of sp³-hybridized carbons (Fsp3) is 0.533. The molecular formula is C15H21IN2O3. The van der Waals surface area contributed by atoms with E-state index in [1.54, 1.807) is 0 Å². The standard InChI is InChI=1S/C15H21IN2O3/c1-18(11-15(20)5-7-21-8-6-15)10-14(19)17-13-4-2-3-12(16)9-13/h2-4,9,20H,5-8,10-11H2,1H3,(H,17,19). The van der Waals surface area contributed by atoms with Crippen molar-refractivity contribution in [3.63, 3.8) is 0 Å². The van der Waals surface area contributed by atoms with E-state index in [-0.39, 0.29) is 12.5 Å². The molecule has 1 saturated heterocycles. The Morgan fingerprint density at radius 2 is 2.19 bits per heavy atom. The van der Waals surface area contributed by atoms with Gasteiger partial charge in [0.05, 0.1) is 12.1 Å². The first-order valence-corrected chi connectivity index (χ1v) is 8.09. The van der Waals surface area contributed by atoms with Gasteiger partial charge in [0.2, 0.25) is 5.91 Å². The maximum absolute atomic E-state index is 12.0. The number of nitrogens with one attached hydrogen (secondary N) is 1. The maximum Gasteiger partial charge on any atom is 0.238 e. The molecule has 1 aliphatic rings. The number of anilines is 1. The molecule has 0 atom stereocenters. The van der Waals surface area contributed by atoms with Crippen LogP contribution in [-0.2, 0) is 9.53 Å². The summed E-state index contributed by atoms with van der Waals surface area (Å²) in [5.74, 6) is -0.0739. The van der Waals surface area contributed by atoms with Gasteiger partial charge in [-0.25, -0.2) is 0 Å². The second-order valence-electron chi connectivity index (χ2n) is 5.57. The third-order valence-electron chi connectivity index (χ3n) is 3.51. The summed E-state index contributed by atoms with van der Waals surface area (Å²) in [6.07, 6.45) is 1.24. The van der Waals surface area contributed by atoms with E-state index in [0.29, 0.717) is 32.6 Å². The lowest BCUT2D eigenvalue weighted by molar-refractivity contribution is -0.118. The summed E-state index contributed by atoms with van der Waals surface area (Å²) in [6.45, 7) is 1.91. The van der Waals surface area contributed by atoms with Gasteiger partial charge < -0.3 is 15.2 Å². The lowest BCUT2D eigenvalue weighted by Gasteiger charge is -2.35. The quantitative estimate of drug-likeness (QED) is 0.734. The average molecular weight is 404 g/mol. The van der Waals surface area contributed by atoms with Crippen LogP contribution in [0.5, 0.6) is 0 Å². The van der Waals surface area contributed by atoms with Crippen molar-refractivity contribution < 1.29 is 14.6 Å². The molecule has 0 radical (unpaired) electrons. The summed E-state index contributed by atoms with van der Waals surface area (Å²) >= 11 is 2.21. The minimum absolute atomic E-state index is 0.0739. The number of hydrogen-bond donors (Lipinski definition) is 2. The van der Waals surface area contributed by atoms with Gasteiger partial charge in [0.25, 0.3) is 0 Å². The number of carbonyl (C=O) groups excluding carboxylic acids is 1. The molecule has 2 rings (SSSR count). The summed E-state index contributed by atoms with van der Waals surface area (Å²) in [6, 6.07) is 7.67.